The number of rotatable bonds is 7. The van der Waals surface area contributed by atoms with Gasteiger partial charge in [0.15, 0.2) is 0 Å². The Bertz CT molecular complexity index is 370. The molecule has 0 radical (unpaired) electrons. The first-order chi connectivity index (χ1) is 8.65. The van der Waals surface area contributed by atoms with Crippen LogP contribution in [0, 0.1) is 5.82 Å². The van der Waals surface area contributed by atoms with Crippen molar-refractivity contribution in [2.75, 3.05) is 27.9 Å². The predicted molar refractivity (Wildman–Crippen MR) is 64.7 cm³/mol. The summed E-state index contributed by atoms with van der Waals surface area (Å²) < 4.78 is 29.1. The van der Waals surface area contributed by atoms with Gasteiger partial charge in [0.1, 0.15) is 18.0 Å². The molecule has 18 heavy (non-hydrogen) atoms. The first kappa shape index (κ1) is 15.0. The standard InChI is InChI=1S/C13H19FO4/c1-16-8-12(17-2)13(18-3)10-4-9(7-15)5-11(14)6-10/h4-6,12-13,15H,7-8H2,1-3H3/t12-,13+/m1/s1. The lowest BCUT2D eigenvalue weighted by Gasteiger charge is -2.25. The van der Waals surface area contributed by atoms with Crippen LogP contribution in [0.25, 0.3) is 0 Å². The Kier molecular flexibility index (Phi) is 6.21. The fourth-order valence-electron chi connectivity index (χ4n) is 1.88. The van der Waals surface area contributed by atoms with Gasteiger partial charge in [-0.3, -0.25) is 0 Å². The molecule has 2 atom stereocenters. The second-order valence-corrected chi connectivity index (χ2v) is 3.94. The van der Waals surface area contributed by atoms with E-state index < -0.39 is 11.9 Å². The SMILES string of the molecule is COC[C@@H](OC)[C@@H](OC)c1cc(F)cc(CO)c1. The highest BCUT2D eigenvalue weighted by Gasteiger charge is 2.23. The van der Waals surface area contributed by atoms with E-state index in [2.05, 4.69) is 0 Å². The molecule has 0 unspecified atom stereocenters. The van der Waals surface area contributed by atoms with Gasteiger partial charge in [0.25, 0.3) is 0 Å². The minimum absolute atomic E-state index is 0.219. The third-order valence-corrected chi connectivity index (χ3v) is 2.72. The minimum atomic E-state index is -0.448. The molecule has 0 bridgehead atoms. The molecule has 0 aliphatic heterocycles. The molecule has 0 heterocycles. The van der Waals surface area contributed by atoms with Crippen molar-refractivity contribution < 1.29 is 23.7 Å². The van der Waals surface area contributed by atoms with E-state index >= 15 is 0 Å². The van der Waals surface area contributed by atoms with Crippen molar-refractivity contribution in [1.29, 1.82) is 0 Å². The molecule has 1 rings (SSSR count). The molecule has 0 amide bonds. The summed E-state index contributed by atoms with van der Waals surface area (Å²) in [4.78, 5) is 0. The molecule has 0 saturated carbocycles. The Morgan fingerprint density at radius 2 is 1.89 bits per heavy atom. The molecule has 0 aliphatic carbocycles. The van der Waals surface area contributed by atoms with Crippen molar-refractivity contribution in [3.63, 3.8) is 0 Å². The van der Waals surface area contributed by atoms with Crippen LogP contribution in [-0.4, -0.2) is 39.1 Å². The van der Waals surface area contributed by atoms with Crippen molar-refractivity contribution in [3.05, 3.63) is 35.1 Å². The number of aliphatic hydroxyl groups is 1. The van der Waals surface area contributed by atoms with Gasteiger partial charge in [-0.1, -0.05) is 6.07 Å². The fraction of sp³-hybridized carbons (Fsp3) is 0.538. The molecule has 4 nitrogen and oxygen atoms in total. The average molecular weight is 258 g/mol. The van der Waals surface area contributed by atoms with Crippen LogP contribution in [-0.2, 0) is 20.8 Å². The lowest BCUT2D eigenvalue weighted by molar-refractivity contribution is -0.0697. The van der Waals surface area contributed by atoms with Gasteiger partial charge in [-0.25, -0.2) is 4.39 Å². The van der Waals surface area contributed by atoms with Gasteiger partial charge in [0, 0.05) is 21.3 Å². The van der Waals surface area contributed by atoms with Gasteiger partial charge in [0.05, 0.1) is 13.2 Å². The lowest BCUT2D eigenvalue weighted by Crippen LogP contribution is -2.27. The van der Waals surface area contributed by atoms with Crippen molar-refractivity contribution in [2.45, 2.75) is 18.8 Å². The topological polar surface area (TPSA) is 47.9 Å². The third-order valence-electron chi connectivity index (χ3n) is 2.72. The van der Waals surface area contributed by atoms with Gasteiger partial charge >= 0.3 is 0 Å². The largest absolute Gasteiger partial charge is 0.392 e. The Labute approximate surface area is 106 Å². The van der Waals surface area contributed by atoms with E-state index in [0.29, 0.717) is 17.7 Å². The molecule has 0 aliphatic rings. The second kappa shape index (κ2) is 7.43. The van der Waals surface area contributed by atoms with E-state index in [1.807, 2.05) is 0 Å². The van der Waals surface area contributed by atoms with Crippen molar-refractivity contribution in [3.8, 4) is 0 Å². The Morgan fingerprint density at radius 3 is 2.39 bits per heavy atom. The molecule has 0 fully saturated rings. The Hall–Kier alpha value is -1.01. The number of benzene rings is 1. The quantitative estimate of drug-likeness (QED) is 0.808. The Morgan fingerprint density at radius 1 is 1.17 bits per heavy atom. The van der Waals surface area contributed by atoms with Gasteiger partial charge in [-0.2, -0.15) is 0 Å². The highest BCUT2D eigenvalue weighted by molar-refractivity contribution is 5.26. The van der Waals surface area contributed by atoms with Gasteiger partial charge < -0.3 is 19.3 Å². The van der Waals surface area contributed by atoms with Gasteiger partial charge in [-0.05, 0) is 23.3 Å². The smallest absolute Gasteiger partial charge is 0.123 e. The van der Waals surface area contributed by atoms with Gasteiger partial charge in [0.2, 0.25) is 0 Å². The molecular weight excluding hydrogens is 239 g/mol. The maximum atomic E-state index is 13.4. The molecule has 0 saturated heterocycles. The summed E-state index contributed by atoms with van der Waals surface area (Å²) >= 11 is 0. The van der Waals surface area contributed by atoms with E-state index in [4.69, 9.17) is 19.3 Å². The fourth-order valence-corrected chi connectivity index (χ4v) is 1.88. The lowest BCUT2D eigenvalue weighted by atomic mass is 10.0. The number of aliphatic hydroxyl groups excluding tert-OH is 1. The second-order valence-electron chi connectivity index (χ2n) is 3.94. The zero-order chi connectivity index (χ0) is 13.5. The van der Waals surface area contributed by atoms with E-state index in [1.165, 1.54) is 19.2 Å². The highest BCUT2D eigenvalue weighted by atomic mass is 19.1. The summed E-state index contributed by atoms with van der Waals surface area (Å²) in [6.07, 6.45) is -0.788. The van der Waals surface area contributed by atoms with E-state index in [9.17, 15) is 4.39 Å². The van der Waals surface area contributed by atoms with Crippen LogP contribution >= 0.6 is 0 Å². The normalized spacial score (nSPS) is 14.5. The number of halogens is 1. The highest BCUT2D eigenvalue weighted by Crippen LogP contribution is 2.25. The van der Waals surface area contributed by atoms with Crippen LogP contribution in [0.4, 0.5) is 4.39 Å². The molecule has 102 valence electrons. The van der Waals surface area contributed by atoms with Crippen molar-refractivity contribution in [2.24, 2.45) is 0 Å². The predicted octanol–water partition coefficient (Wildman–Crippen LogP) is 1.67. The van der Waals surface area contributed by atoms with E-state index in [0.717, 1.165) is 0 Å². The maximum absolute atomic E-state index is 13.4. The minimum Gasteiger partial charge on any atom is -0.392 e. The number of hydrogen-bond acceptors (Lipinski definition) is 4. The van der Waals surface area contributed by atoms with Crippen molar-refractivity contribution >= 4 is 0 Å². The molecule has 1 aromatic rings. The number of ether oxygens (including phenoxy) is 3. The molecule has 5 heteroatoms. The summed E-state index contributed by atoms with van der Waals surface area (Å²) in [6.45, 7) is 0.114. The van der Waals surface area contributed by atoms with Crippen LogP contribution in [0.15, 0.2) is 18.2 Å². The number of hydrogen-bond donors (Lipinski definition) is 1. The Balaban J connectivity index is 3.02. The summed E-state index contributed by atoms with van der Waals surface area (Å²) in [6, 6.07) is 4.35. The summed E-state index contributed by atoms with van der Waals surface area (Å²) in [5.74, 6) is -0.411. The summed E-state index contributed by atoms with van der Waals surface area (Å²) in [7, 11) is 4.63. The van der Waals surface area contributed by atoms with Crippen LogP contribution < -0.4 is 0 Å². The molecule has 0 aromatic heterocycles. The van der Waals surface area contributed by atoms with Crippen LogP contribution in [0.5, 0.6) is 0 Å². The zero-order valence-electron chi connectivity index (χ0n) is 10.9. The maximum Gasteiger partial charge on any atom is 0.123 e. The van der Waals surface area contributed by atoms with Crippen LogP contribution in [0.1, 0.15) is 17.2 Å². The first-order valence-corrected chi connectivity index (χ1v) is 5.61. The monoisotopic (exact) mass is 258 g/mol. The molecular formula is C13H19FO4. The van der Waals surface area contributed by atoms with Crippen LogP contribution in [0.3, 0.4) is 0 Å². The average Bonchev–Trinajstić information content (AvgIpc) is 2.37. The van der Waals surface area contributed by atoms with Crippen LogP contribution in [0.2, 0.25) is 0 Å². The number of methoxy groups -OCH3 is 3. The van der Waals surface area contributed by atoms with Crippen molar-refractivity contribution in [1.82, 2.24) is 0 Å². The zero-order valence-corrected chi connectivity index (χ0v) is 10.9. The molecule has 1 aromatic carbocycles. The van der Waals surface area contributed by atoms with E-state index in [-0.39, 0.29) is 12.7 Å². The summed E-state index contributed by atoms with van der Waals surface area (Å²) in [5.41, 5.74) is 1.12. The molecule has 0 spiro atoms. The first-order valence-electron chi connectivity index (χ1n) is 5.61. The third kappa shape index (κ3) is 3.74. The molecule has 1 N–H and O–H groups in total. The van der Waals surface area contributed by atoms with Gasteiger partial charge in [-0.15, -0.1) is 0 Å². The summed E-state index contributed by atoms with van der Waals surface area (Å²) in [5, 5.41) is 9.08. The van der Waals surface area contributed by atoms with E-state index in [1.54, 1.807) is 20.3 Å².